The molecule has 2 heteroatoms. The average Bonchev–Trinajstić information content (AvgIpc) is 2.17. The standard InChI is InChI=1S/C14H23NO/c1-10-5-7-11(8-6-10)12(16)9-13(15)14(2,3)4/h5-8,12-13,16H,9,15H2,1-4H3/t12-,13+/m1/s1. The van der Waals surface area contributed by atoms with Crippen LogP contribution in [0.5, 0.6) is 0 Å². The van der Waals surface area contributed by atoms with Crippen LogP contribution < -0.4 is 5.73 Å². The minimum Gasteiger partial charge on any atom is -0.388 e. The van der Waals surface area contributed by atoms with Crippen LogP contribution in [0.3, 0.4) is 0 Å². The fraction of sp³-hybridized carbons (Fsp3) is 0.571. The molecule has 0 bridgehead atoms. The van der Waals surface area contributed by atoms with Crippen molar-refractivity contribution in [3.63, 3.8) is 0 Å². The largest absolute Gasteiger partial charge is 0.388 e. The minimum atomic E-state index is -0.463. The van der Waals surface area contributed by atoms with Crippen molar-refractivity contribution in [2.45, 2.75) is 46.3 Å². The van der Waals surface area contributed by atoms with Gasteiger partial charge in [-0.25, -0.2) is 0 Å². The van der Waals surface area contributed by atoms with Crippen molar-refractivity contribution < 1.29 is 5.11 Å². The lowest BCUT2D eigenvalue weighted by molar-refractivity contribution is 0.133. The summed E-state index contributed by atoms with van der Waals surface area (Å²) in [7, 11) is 0. The third-order valence-corrected chi connectivity index (χ3v) is 3.05. The van der Waals surface area contributed by atoms with E-state index in [1.807, 2.05) is 31.2 Å². The fourth-order valence-corrected chi connectivity index (χ4v) is 1.52. The molecule has 1 aromatic rings. The van der Waals surface area contributed by atoms with Crippen LogP contribution in [0.1, 0.15) is 44.4 Å². The normalized spacial score (nSPS) is 15.9. The van der Waals surface area contributed by atoms with Gasteiger partial charge in [-0.2, -0.15) is 0 Å². The zero-order valence-electron chi connectivity index (χ0n) is 10.7. The summed E-state index contributed by atoms with van der Waals surface area (Å²) in [5.74, 6) is 0. The lowest BCUT2D eigenvalue weighted by Gasteiger charge is -2.29. The molecule has 90 valence electrons. The van der Waals surface area contributed by atoms with Gasteiger partial charge in [0.25, 0.3) is 0 Å². The highest BCUT2D eigenvalue weighted by atomic mass is 16.3. The molecule has 0 saturated heterocycles. The van der Waals surface area contributed by atoms with Gasteiger partial charge >= 0.3 is 0 Å². The molecule has 0 amide bonds. The van der Waals surface area contributed by atoms with Crippen molar-refractivity contribution in [3.8, 4) is 0 Å². The van der Waals surface area contributed by atoms with Gasteiger partial charge in [-0.1, -0.05) is 50.6 Å². The second-order valence-electron chi connectivity index (χ2n) is 5.63. The zero-order chi connectivity index (χ0) is 12.3. The van der Waals surface area contributed by atoms with Gasteiger partial charge in [0, 0.05) is 6.04 Å². The van der Waals surface area contributed by atoms with E-state index < -0.39 is 6.10 Å². The van der Waals surface area contributed by atoms with Crippen molar-refractivity contribution in [1.29, 1.82) is 0 Å². The van der Waals surface area contributed by atoms with Crippen molar-refractivity contribution >= 4 is 0 Å². The predicted octanol–water partition coefficient (Wildman–Crippen LogP) is 2.79. The number of benzene rings is 1. The van der Waals surface area contributed by atoms with Gasteiger partial charge in [0.05, 0.1) is 6.10 Å². The maximum Gasteiger partial charge on any atom is 0.0805 e. The number of aliphatic hydroxyl groups is 1. The van der Waals surface area contributed by atoms with E-state index in [9.17, 15) is 5.11 Å². The molecule has 2 nitrogen and oxygen atoms in total. The summed E-state index contributed by atoms with van der Waals surface area (Å²) in [5, 5.41) is 10.1. The molecular weight excluding hydrogens is 198 g/mol. The van der Waals surface area contributed by atoms with Gasteiger partial charge in [0.15, 0.2) is 0 Å². The Labute approximate surface area is 98.5 Å². The summed E-state index contributed by atoms with van der Waals surface area (Å²) in [5.41, 5.74) is 8.25. The maximum atomic E-state index is 10.1. The fourth-order valence-electron chi connectivity index (χ4n) is 1.52. The number of nitrogens with two attached hydrogens (primary N) is 1. The Morgan fingerprint density at radius 2 is 1.69 bits per heavy atom. The second-order valence-corrected chi connectivity index (χ2v) is 5.63. The van der Waals surface area contributed by atoms with Crippen LogP contribution in [-0.2, 0) is 0 Å². The monoisotopic (exact) mass is 221 g/mol. The Bertz CT molecular complexity index is 324. The first-order valence-corrected chi connectivity index (χ1v) is 5.81. The van der Waals surface area contributed by atoms with Crippen molar-refractivity contribution in [3.05, 3.63) is 35.4 Å². The molecule has 3 N–H and O–H groups in total. The van der Waals surface area contributed by atoms with Crippen molar-refractivity contribution in [2.75, 3.05) is 0 Å². The molecule has 0 aliphatic rings. The Balaban J connectivity index is 2.65. The van der Waals surface area contributed by atoms with Gasteiger partial charge in [0.2, 0.25) is 0 Å². The van der Waals surface area contributed by atoms with Gasteiger partial charge in [0.1, 0.15) is 0 Å². The molecule has 1 aromatic carbocycles. The number of aryl methyl sites for hydroxylation is 1. The first-order chi connectivity index (χ1) is 7.30. The molecule has 0 aliphatic carbocycles. The second kappa shape index (κ2) is 4.98. The number of hydrogen-bond donors (Lipinski definition) is 2. The topological polar surface area (TPSA) is 46.2 Å². The molecule has 2 atom stereocenters. The summed E-state index contributed by atoms with van der Waals surface area (Å²) in [6.45, 7) is 8.33. The van der Waals surface area contributed by atoms with E-state index in [0.717, 1.165) is 5.56 Å². The molecule has 0 aromatic heterocycles. The molecule has 16 heavy (non-hydrogen) atoms. The Hall–Kier alpha value is -0.860. The Morgan fingerprint density at radius 1 is 1.19 bits per heavy atom. The summed E-state index contributed by atoms with van der Waals surface area (Å²) >= 11 is 0. The van der Waals surface area contributed by atoms with E-state index in [2.05, 4.69) is 20.8 Å². The maximum absolute atomic E-state index is 10.1. The highest BCUT2D eigenvalue weighted by molar-refractivity contribution is 5.23. The van der Waals surface area contributed by atoms with Crippen LogP contribution in [0.25, 0.3) is 0 Å². The van der Waals surface area contributed by atoms with Crippen LogP contribution in [0.15, 0.2) is 24.3 Å². The Morgan fingerprint density at radius 3 is 2.12 bits per heavy atom. The molecule has 0 fully saturated rings. The molecule has 0 spiro atoms. The lowest BCUT2D eigenvalue weighted by atomic mass is 9.83. The van der Waals surface area contributed by atoms with Gasteiger partial charge < -0.3 is 10.8 Å². The molecule has 0 saturated carbocycles. The third-order valence-electron chi connectivity index (χ3n) is 3.05. The highest BCUT2D eigenvalue weighted by Gasteiger charge is 2.23. The molecule has 0 unspecified atom stereocenters. The van der Waals surface area contributed by atoms with Crippen molar-refractivity contribution in [2.24, 2.45) is 11.1 Å². The summed E-state index contributed by atoms with van der Waals surface area (Å²) in [6, 6.07) is 7.97. The van der Waals surface area contributed by atoms with Crippen LogP contribution in [0, 0.1) is 12.3 Å². The van der Waals surface area contributed by atoms with Gasteiger partial charge in [-0.05, 0) is 24.3 Å². The number of aliphatic hydroxyl groups excluding tert-OH is 1. The first kappa shape index (κ1) is 13.2. The minimum absolute atomic E-state index is 0.00352. The number of rotatable bonds is 3. The van der Waals surface area contributed by atoms with E-state index in [1.165, 1.54) is 5.56 Å². The summed E-state index contributed by atoms with van der Waals surface area (Å²) in [4.78, 5) is 0. The van der Waals surface area contributed by atoms with Crippen molar-refractivity contribution in [1.82, 2.24) is 0 Å². The lowest BCUT2D eigenvalue weighted by Crippen LogP contribution is -2.36. The Kier molecular flexibility index (Phi) is 4.11. The average molecular weight is 221 g/mol. The molecule has 0 radical (unpaired) electrons. The predicted molar refractivity (Wildman–Crippen MR) is 68.2 cm³/mol. The van der Waals surface area contributed by atoms with Crippen LogP contribution in [0.2, 0.25) is 0 Å². The van der Waals surface area contributed by atoms with E-state index in [0.29, 0.717) is 6.42 Å². The van der Waals surface area contributed by atoms with E-state index >= 15 is 0 Å². The third kappa shape index (κ3) is 3.62. The first-order valence-electron chi connectivity index (χ1n) is 5.81. The number of hydrogen-bond acceptors (Lipinski definition) is 2. The SMILES string of the molecule is Cc1ccc([C@H](O)C[C@H](N)C(C)(C)C)cc1. The smallest absolute Gasteiger partial charge is 0.0805 e. The molecular formula is C14H23NO. The molecule has 0 aliphatic heterocycles. The van der Waals surface area contributed by atoms with E-state index in [-0.39, 0.29) is 11.5 Å². The summed E-state index contributed by atoms with van der Waals surface area (Å²) in [6.07, 6.45) is 0.141. The van der Waals surface area contributed by atoms with E-state index in [4.69, 9.17) is 5.73 Å². The van der Waals surface area contributed by atoms with Gasteiger partial charge in [-0.15, -0.1) is 0 Å². The zero-order valence-corrected chi connectivity index (χ0v) is 10.7. The quantitative estimate of drug-likeness (QED) is 0.824. The van der Waals surface area contributed by atoms with Crippen LogP contribution in [0.4, 0.5) is 0 Å². The highest BCUT2D eigenvalue weighted by Crippen LogP contribution is 2.26. The molecule has 0 heterocycles. The van der Waals surface area contributed by atoms with E-state index in [1.54, 1.807) is 0 Å². The van der Waals surface area contributed by atoms with Crippen LogP contribution >= 0.6 is 0 Å². The van der Waals surface area contributed by atoms with Crippen LogP contribution in [-0.4, -0.2) is 11.1 Å². The molecule has 1 rings (SSSR count). The van der Waals surface area contributed by atoms with Gasteiger partial charge in [-0.3, -0.25) is 0 Å². The summed E-state index contributed by atoms with van der Waals surface area (Å²) < 4.78 is 0.